The molecule has 2 aromatic carbocycles. The number of anilines is 1. The molecule has 0 atom stereocenters. The van der Waals surface area contributed by atoms with Gasteiger partial charge in [0.15, 0.2) is 0 Å². The van der Waals surface area contributed by atoms with Gasteiger partial charge in [0.25, 0.3) is 0 Å². The van der Waals surface area contributed by atoms with Crippen molar-refractivity contribution >= 4 is 29.3 Å². The van der Waals surface area contributed by atoms with E-state index < -0.39 is 0 Å². The van der Waals surface area contributed by atoms with Gasteiger partial charge in [0.05, 0.1) is 7.11 Å². The molecule has 0 aliphatic heterocycles. The molecule has 1 N–H and O–H groups in total. The minimum atomic E-state index is -0.210. The molecule has 0 unspecified atom stereocenters. The van der Waals surface area contributed by atoms with Crippen LogP contribution in [0.4, 0.5) is 5.69 Å². The van der Waals surface area contributed by atoms with E-state index in [4.69, 9.17) is 16.3 Å². The second-order valence-electron chi connectivity index (χ2n) is 4.11. The number of nitrogens with one attached hydrogen (secondary N) is 1. The van der Waals surface area contributed by atoms with Gasteiger partial charge in [0.2, 0.25) is 5.91 Å². The van der Waals surface area contributed by atoms with Crippen LogP contribution in [-0.4, -0.2) is 13.0 Å². The van der Waals surface area contributed by atoms with Crippen molar-refractivity contribution in [1.29, 1.82) is 0 Å². The Morgan fingerprint density at radius 1 is 1.20 bits per heavy atom. The molecule has 0 aliphatic rings. The second-order valence-corrected chi connectivity index (χ2v) is 4.55. The molecule has 0 saturated heterocycles. The van der Waals surface area contributed by atoms with Gasteiger partial charge >= 0.3 is 0 Å². The number of hydrogen-bond donors (Lipinski definition) is 1. The molecule has 0 radical (unpaired) electrons. The van der Waals surface area contributed by atoms with Crippen molar-refractivity contribution in [3.8, 4) is 5.75 Å². The molecule has 4 heteroatoms. The zero-order chi connectivity index (χ0) is 14.4. The zero-order valence-corrected chi connectivity index (χ0v) is 11.7. The molecule has 0 aliphatic carbocycles. The highest BCUT2D eigenvalue weighted by molar-refractivity contribution is 6.30. The van der Waals surface area contributed by atoms with Crippen LogP contribution in [0.3, 0.4) is 0 Å². The minimum Gasteiger partial charge on any atom is -0.497 e. The number of ether oxygens (including phenoxy) is 1. The standard InChI is InChI=1S/C16H14ClNO2/c1-20-15-7-3-6-14(11-15)18-16(19)9-8-12-4-2-5-13(17)10-12/h2-11H,1H3,(H,18,19)/b9-8+. The summed E-state index contributed by atoms with van der Waals surface area (Å²) >= 11 is 5.87. The van der Waals surface area contributed by atoms with Gasteiger partial charge in [-0.2, -0.15) is 0 Å². The van der Waals surface area contributed by atoms with Gasteiger partial charge in [-0.1, -0.05) is 29.8 Å². The number of benzene rings is 2. The third kappa shape index (κ3) is 4.14. The highest BCUT2D eigenvalue weighted by Crippen LogP contribution is 2.17. The number of carbonyl (C=O) groups is 1. The summed E-state index contributed by atoms with van der Waals surface area (Å²) in [5.74, 6) is 0.486. The van der Waals surface area contributed by atoms with Gasteiger partial charge in [-0.3, -0.25) is 4.79 Å². The Hall–Kier alpha value is -2.26. The number of methoxy groups -OCH3 is 1. The normalized spacial score (nSPS) is 10.5. The highest BCUT2D eigenvalue weighted by atomic mass is 35.5. The van der Waals surface area contributed by atoms with Gasteiger partial charge in [-0.05, 0) is 35.9 Å². The van der Waals surface area contributed by atoms with E-state index in [2.05, 4.69) is 5.32 Å². The quantitative estimate of drug-likeness (QED) is 0.863. The lowest BCUT2D eigenvalue weighted by molar-refractivity contribution is -0.111. The van der Waals surface area contributed by atoms with Crippen molar-refractivity contribution in [1.82, 2.24) is 0 Å². The third-order valence-electron chi connectivity index (χ3n) is 2.61. The Labute approximate surface area is 122 Å². The van der Waals surface area contributed by atoms with Crippen molar-refractivity contribution in [3.63, 3.8) is 0 Å². The lowest BCUT2D eigenvalue weighted by Crippen LogP contribution is -2.07. The molecule has 20 heavy (non-hydrogen) atoms. The fourth-order valence-corrected chi connectivity index (χ4v) is 1.87. The summed E-state index contributed by atoms with van der Waals surface area (Å²) in [5.41, 5.74) is 1.56. The summed E-state index contributed by atoms with van der Waals surface area (Å²) in [6, 6.07) is 14.5. The third-order valence-corrected chi connectivity index (χ3v) is 2.85. The topological polar surface area (TPSA) is 38.3 Å². The Kier molecular flexibility index (Phi) is 4.80. The van der Waals surface area contributed by atoms with Crippen molar-refractivity contribution < 1.29 is 9.53 Å². The first-order valence-corrected chi connectivity index (χ1v) is 6.44. The van der Waals surface area contributed by atoms with Crippen LogP contribution in [0, 0.1) is 0 Å². The summed E-state index contributed by atoms with van der Waals surface area (Å²) in [4.78, 5) is 11.8. The molecule has 2 rings (SSSR count). The average Bonchev–Trinajstić information content (AvgIpc) is 2.45. The number of hydrogen-bond acceptors (Lipinski definition) is 2. The van der Waals surface area contributed by atoms with Crippen LogP contribution in [0.5, 0.6) is 5.75 Å². The van der Waals surface area contributed by atoms with E-state index in [0.29, 0.717) is 16.5 Å². The minimum absolute atomic E-state index is 0.210. The average molecular weight is 288 g/mol. The molecule has 102 valence electrons. The molecule has 0 aromatic heterocycles. The lowest BCUT2D eigenvalue weighted by Gasteiger charge is -2.04. The first kappa shape index (κ1) is 14.2. The number of carbonyl (C=O) groups excluding carboxylic acids is 1. The van der Waals surface area contributed by atoms with Crippen LogP contribution >= 0.6 is 11.6 Å². The smallest absolute Gasteiger partial charge is 0.248 e. The summed E-state index contributed by atoms with van der Waals surface area (Å²) in [6.07, 6.45) is 3.17. The van der Waals surface area contributed by atoms with Crippen LogP contribution < -0.4 is 10.1 Å². The zero-order valence-electron chi connectivity index (χ0n) is 11.0. The molecule has 2 aromatic rings. The van der Waals surface area contributed by atoms with Crippen LogP contribution in [0.1, 0.15) is 5.56 Å². The molecular formula is C16H14ClNO2. The van der Waals surface area contributed by atoms with Gasteiger partial charge < -0.3 is 10.1 Å². The molecule has 0 saturated carbocycles. The lowest BCUT2D eigenvalue weighted by atomic mass is 10.2. The van der Waals surface area contributed by atoms with Gasteiger partial charge in [-0.15, -0.1) is 0 Å². The van der Waals surface area contributed by atoms with Crippen LogP contribution in [0.2, 0.25) is 5.02 Å². The second kappa shape index (κ2) is 6.78. The van der Waals surface area contributed by atoms with E-state index in [0.717, 1.165) is 5.56 Å². The van der Waals surface area contributed by atoms with E-state index >= 15 is 0 Å². The molecule has 0 heterocycles. The highest BCUT2D eigenvalue weighted by Gasteiger charge is 1.99. The first-order valence-electron chi connectivity index (χ1n) is 6.06. The van der Waals surface area contributed by atoms with Crippen molar-refractivity contribution in [2.45, 2.75) is 0 Å². The van der Waals surface area contributed by atoms with E-state index in [-0.39, 0.29) is 5.91 Å². The first-order chi connectivity index (χ1) is 9.67. The van der Waals surface area contributed by atoms with Crippen LogP contribution in [0.25, 0.3) is 6.08 Å². The monoisotopic (exact) mass is 287 g/mol. The van der Waals surface area contributed by atoms with Crippen molar-refractivity contribution in [2.24, 2.45) is 0 Å². The molecular weight excluding hydrogens is 274 g/mol. The van der Waals surface area contributed by atoms with E-state index in [9.17, 15) is 4.79 Å². The van der Waals surface area contributed by atoms with Gasteiger partial charge in [0.1, 0.15) is 5.75 Å². The fraction of sp³-hybridized carbons (Fsp3) is 0.0625. The van der Waals surface area contributed by atoms with Gasteiger partial charge in [0, 0.05) is 22.9 Å². The van der Waals surface area contributed by atoms with Crippen molar-refractivity contribution in [2.75, 3.05) is 12.4 Å². The number of rotatable bonds is 4. The predicted molar refractivity (Wildman–Crippen MR) is 82.1 cm³/mol. The summed E-state index contributed by atoms with van der Waals surface area (Å²) < 4.78 is 5.09. The molecule has 1 amide bonds. The summed E-state index contributed by atoms with van der Waals surface area (Å²) in [6.45, 7) is 0. The van der Waals surface area contributed by atoms with Gasteiger partial charge in [-0.25, -0.2) is 0 Å². The molecule has 0 spiro atoms. The number of halogens is 1. The number of amides is 1. The predicted octanol–water partition coefficient (Wildman–Crippen LogP) is 4.00. The molecule has 3 nitrogen and oxygen atoms in total. The van der Waals surface area contributed by atoms with Crippen molar-refractivity contribution in [3.05, 3.63) is 65.2 Å². The van der Waals surface area contributed by atoms with Crippen LogP contribution in [-0.2, 0) is 4.79 Å². The Bertz CT molecular complexity index is 638. The maximum absolute atomic E-state index is 11.8. The molecule has 0 fully saturated rings. The molecule has 0 bridgehead atoms. The summed E-state index contributed by atoms with van der Waals surface area (Å²) in [5, 5.41) is 3.40. The van der Waals surface area contributed by atoms with E-state index in [1.165, 1.54) is 6.08 Å². The Balaban J connectivity index is 2.01. The fourth-order valence-electron chi connectivity index (χ4n) is 1.67. The van der Waals surface area contributed by atoms with Crippen LogP contribution in [0.15, 0.2) is 54.6 Å². The van der Waals surface area contributed by atoms with E-state index in [1.807, 2.05) is 24.3 Å². The SMILES string of the molecule is COc1cccc(NC(=O)/C=C/c2cccc(Cl)c2)c1. The summed E-state index contributed by atoms with van der Waals surface area (Å²) in [7, 11) is 1.58. The van der Waals surface area contributed by atoms with E-state index in [1.54, 1.807) is 37.5 Å². The largest absolute Gasteiger partial charge is 0.497 e. The Morgan fingerprint density at radius 2 is 2.00 bits per heavy atom. The Morgan fingerprint density at radius 3 is 2.75 bits per heavy atom. The maximum atomic E-state index is 11.8. The maximum Gasteiger partial charge on any atom is 0.248 e.